The SMILES string of the molecule is CCCC(=O)NCCCNC(=O)CCOCC(COCCC(=O)NCCCNC(=O)CCC)COCCC(NC)OC. The van der Waals surface area contributed by atoms with Gasteiger partial charge in [-0.1, -0.05) is 13.8 Å². The summed E-state index contributed by atoms with van der Waals surface area (Å²) in [6, 6.07) is 0. The van der Waals surface area contributed by atoms with Crippen LogP contribution >= 0.6 is 0 Å². The Morgan fingerprint density at radius 2 is 0.976 bits per heavy atom. The first-order valence-corrected chi connectivity index (χ1v) is 15.4. The molecule has 13 nitrogen and oxygen atoms in total. The van der Waals surface area contributed by atoms with E-state index in [4.69, 9.17) is 18.9 Å². The molecule has 0 bridgehead atoms. The van der Waals surface area contributed by atoms with Crippen molar-refractivity contribution in [2.75, 3.05) is 80.0 Å². The predicted molar refractivity (Wildman–Crippen MR) is 161 cm³/mol. The van der Waals surface area contributed by atoms with E-state index < -0.39 is 0 Å². The Kier molecular flexibility index (Phi) is 27.2. The maximum Gasteiger partial charge on any atom is 0.222 e. The van der Waals surface area contributed by atoms with Crippen LogP contribution in [0.25, 0.3) is 0 Å². The zero-order valence-corrected chi connectivity index (χ0v) is 26.4. The van der Waals surface area contributed by atoms with Crippen LogP contribution in [-0.4, -0.2) is 110 Å². The largest absolute Gasteiger partial charge is 0.381 e. The van der Waals surface area contributed by atoms with Gasteiger partial charge in [0.2, 0.25) is 23.6 Å². The molecule has 0 aliphatic heterocycles. The Morgan fingerprint density at radius 3 is 1.33 bits per heavy atom. The van der Waals surface area contributed by atoms with E-state index in [1.165, 1.54) is 0 Å². The van der Waals surface area contributed by atoms with Crippen molar-refractivity contribution >= 4 is 23.6 Å². The van der Waals surface area contributed by atoms with Gasteiger partial charge in [0.25, 0.3) is 0 Å². The summed E-state index contributed by atoms with van der Waals surface area (Å²) in [6.45, 7) is 8.12. The van der Waals surface area contributed by atoms with Crippen molar-refractivity contribution in [3.63, 3.8) is 0 Å². The zero-order chi connectivity index (χ0) is 31.3. The summed E-state index contributed by atoms with van der Waals surface area (Å²) >= 11 is 0. The van der Waals surface area contributed by atoms with Crippen LogP contribution in [0.1, 0.15) is 71.6 Å². The van der Waals surface area contributed by atoms with Gasteiger partial charge in [-0.2, -0.15) is 0 Å². The molecule has 0 heterocycles. The van der Waals surface area contributed by atoms with Crippen molar-refractivity contribution in [2.24, 2.45) is 5.92 Å². The minimum atomic E-state index is -0.106. The van der Waals surface area contributed by atoms with E-state index in [0.717, 1.165) is 12.8 Å². The average Bonchev–Trinajstić information content (AvgIpc) is 2.97. The third-order valence-electron chi connectivity index (χ3n) is 6.09. The van der Waals surface area contributed by atoms with E-state index in [0.29, 0.717) is 84.7 Å². The fourth-order valence-corrected chi connectivity index (χ4v) is 3.69. The lowest BCUT2D eigenvalue weighted by Crippen LogP contribution is -2.31. The van der Waals surface area contributed by atoms with Crippen molar-refractivity contribution in [3.05, 3.63) is 0 Å². The molecule has 1 atom stereocenters. The molecule has 42 heavy (non-hydrogen) atoms. The molecule has 0 aliphatic carbocycles. The fraction of sp³-hybridized carbons (Fsp3) is 0.862. The van der Waals surface area contributed by atoms with Gasteiger partial charge < -0.3 is 40.2 Å². The summed E-state index contributed by atoms with van der Waals surface area (Å²) in [5.74, 6) is -0.212. The van der Waals surface area contributed by atoms with E-state index in [9.17, 15) is 19.2 Å². The quantitative estimate of drug-likeness (QED) is 0.0616. The van der Waals surface area contributed by atoms with Gasteiger partial charge in [-0.3, -0.25) is 24.5 Å². The lowest BCUT2D eigenvalue weighted by molar-refractivity contribution is -0.123. The highest BCUT2D eigenvalue weighted by atomic mass is 16.5. The number of rotatable bonds is 29. The van der Waals surface area contributed by atoms with Crippen LogP contribution in [0.2, 0.25) is 0 Å². The molecule has 0 saturated carbocycles. The zero-order valence-electron chi connectivity index (χ0n) is 26.4. The van der Waals surface area contributed by atoms with Gasteiger partial charge in [-0.25, -0.2) is 0 Å². The second-order valence-electron chi connectivity index (χ2n) is 10.00. The van der Waals surface area contributed by atoms with Gasteiger partial charge in [0.05, 0.1) is 39.6 Å². The van der Waals surface area contributed by atoms with Crippen LogP contribution in [0.3, 0.4) is 0 Å². The van der Waals surface area contributed by atoms with Crippen molar-refractivity contribution in [2.45, 2.75) is 77.9 Å². The van der Waals surface area contributed by atoms with Crippen molar-refractivity contribution < 1.29 is 38.1 Å². The number of amides is 4. The lowest BCUT2D eigenvalue weighted by atomic mass is 10.2. The second kappa shape index (κ2) is 28.8. The summed E-state index contributed by atoms with van der Waals surface area (Å²) in [7, 11) is 3.45. The van der Waals surface area contributed by atoms with E-state index in [-0.39, 0.29) is 61.8 Å². The molecule has 0 aromatic heterocycles. The Labute approximate surface area is 252 Å². The maximum absolute atomic E-state index is 12.1. The first-order chi connectivity index (χ1) is 20.4. The molecular weight excluding hydrogens is 546 g/mol. The maximum atomic E-state index is 12.1. The number of hydrogen-bond acceptors (Lipinski definition) is 9. The topological polar surface area (TPSA) is 165 Å². The first kappa shape index (κ1) is 39.7. The van der Waals surface area contributed by atoms with E-state index in [1.807, 2.05) is 20.9 Å². The highest BCUT2D eigenvalue weighted by molar-refractivity contribution is 5.77. The van der Waals surface area contributed by atoms with Gasteiger partial charge in [-0.15, -0.1) is 0 Å². The molecular formula is C29H57N5O8. The van der Waals surface area contributed by atoms with Gasteiger partial charge in [0.15, 0.2) is 0 Å². The van der Waals surface area contributed by atoms with Crippen LogP contribution in [-0.2, 0) is 38.1 Å². The van der Waals surface area contributed by atoms with Crippen molar-refractivity contribution in [3.8, 4) is 0 Å². The van der Waals surface area contributed by atoms with E-state index in [1.54, 1.807) is 7.11 Å². The smallest absolute Gasteiger partial charge is 0.222 e. The standard InChI is InChI=1S/C29H57N5O8/c1-5-9-25(35)31-14-7-16-33-27(37)11-18-40-21-24(23-42-20-13-29(30-3)39-4)22-41-19-12-28(38)34-17-8-15-32-26(36)10-6-2/h24,29-30H,5-23H2,1-4H3,(H,31,35)(H,32,36)(H,33,37)(H,34,38). The van der Waals surface area contributed by atoms with Crippen LogP contribution in [0.15, 0.2) is 0 Å². The van der Waals surface area contributed by atoms with Gasteiger partial charge in [-0.05, 0) is 32.7 Å². The third kappa shape index (κ3) is 25.4. The molecule has 0 spiro atoms. The monoisotopic (exact) mass is 603 g/mol. The molecule has 246 valence electrons. The van der Waals surface area contributed by atoms with Crippen LogP contribution in [0.4, 0.5) is 0 Å². The summed E-state index contributed by atoms with van der Waals surface area (Å²) in [5.41, 5.74) is 0. The Bertz CT molecular complexity index is 662. The summed E-state index contributed by atoms with van der Waals surface area (Å²) < 4.78 is 22.6. The summed E-state index contributed by atoms with van der Waals surface area (Å²) in [5, 5.41) is 14.3. The number of carbonyl (C=O) groups is 4. The van der Waals surface area contributed by atoms with Gasteiger partial charge >= 0.3 is 0 Å². The Balaban J connectivity index is 4.22. The molecule has 0 fully saturated rings. The van der Waals surface area contributed by atoms with Crippen molar-refractivity contribution in [1.29, 1.82) is 0 Å². The van der Waals surface area contributed by atoms with Crippen LogP contribution in [0, 0.1) is 5.92 Å². The van der Waals surface area contributed by atoms with Crippen LogP contribution in [0.5, 0.6) is 0 Å². The molecule has 1 unspecified atom stereocenters. The number of hydrogen-bond donors (Lipinski definition) is 5. The molecule has 0 radical (unpaired) electrons. The summed E-state index contributed by atoms with van der Waals surface area (Å²) in [4.78, 5) is 47.0. The van der Waals surface area contributed by atoms with Gasteiger partial charge in [0.1, 0.15) is 6.23 Å². The van der Waals surface area contributed by atoms with E-state index >= 15 is 0 Å². The highest BCUT2D eigenvalue weighted by Gasteiger charge is 2.13. The molecule has 13 heteroatoms. The Morgan fingerprint density at radius 1 is 0.595 bits per heavy atom. The molecule has 5 N–H and O–H groups in total. The summed E-state index contributed by atoms with van der Waals surface area (Å²) in [6.07, 6.45) is 5.06. The lowest BCUT2D eigenvalue weighted by Gasteiger charge is -2.19. The normalized spacial score (nSPS) is 11.7. The molecule has 0 aliphatic rings. The van der Waals surface area contributed by atoms with Gasteiger partial charge in [0, 0.05) is 71.3 Å². The molecule has 0 aromatic carbocycles. The number of methoxy groups -OCH3 is 1. The fourth-order valence-electron chi connectivity index (χ4n) is 3.69. The molecule has 0 rings (SSSR count). The minimum absolute atomic E-state index is 0.0319. The van der Waals surface area contributed by atoms with Crippen LogP contribution < -0.4 is 26.6 Å². The third-order valence-corrected chi connectivity index (χ3v) is 6.09. The second-order valence-corrected chi connectivity index (χ2v) is 10.00. The average molecular weight is 604 g/mol. The Hall–Kier alpha value is -2.32. The van der Waals surface area contributed by atoms with Crippen molar-refractivity contribution in [1.82, 2.24) is 26.6 Å². The first-order valence-electron chi connectivity index (χ1n) is 15.4. The number of nitrogens with one attached hydrogen (secondary N) is 5. The molecule has 4 amide bonds. The highest BCUT2D eigenvalue weighted by Crippen LogP contribution is 2.04. The number of carbonyl (C=O) groups excluding carboxylic acids is 4. The predicted octanol–water partition coefficient (Wildman–Crippen LogP) is 0.860. The minimum Gasteiger partial charge on any atom is -0.381 e. The molecule has 0 saturated heterocycles. The number of ether oxygens (including phenoxy) is 4. The molecule has 0 aromatic rings. The van der Waals surface area contributed by atoms with E-state index in [2.05, 4.69) is 26.6 Å².